The van der Waals surface area contributed by atoms with Crippen molar-refractivity contribution in [2.24, 2.45) is 4.99 Å². The lowest BCUT2D eigenvalue weighted by Gasteiger charge is -2.32. The van der Waals surface area contributed by atoms with Crippen molar-refractivity contribution in [3.05, 3.63) is 83.3 Å². The van der Waals surface area contributed by atoms with E-state index >= 15 is 0 Å². The number of aliphatic imine (C=N–C) groups is 1. The molecule has 0 saturated carbocycles. The summed E-state index contributed by atoms with van der Waals surface area (Å²) >= 11 is 1.48. The molecule has 6 heteroatoms. The zero-order valence-electron chi connectivity index (χ0n) is 16.9. The van der Waals surface area contributed by atoms with E-state index in [1.165, 1.54) is 17.3 Å². The summed E-state index contributed by atoms with van der Waals surface area (Å²) in [5, 5.41) is 0.830. The maximum absolute atomic E-state index is 12.4. The molecule has 0 atom stereocenters. The Morgan fingerprint density at radius 2 is 1.83 bits per heavy atom. The number of ether oxygens (including phenoxy) is 1. The number of benzene rings is 2. The minimum absolute atomic E-state index is 0.152. The monoisotopic (exact) mass is 420 g/mol. The van der Waals surface area contributed by atoms with Crippen LogP contribution in [0.25, 0.3) is 6.08 Å². The fraction of sp³-hybridized carbons (Fsp3) is 0.250. The minimum Gasteiger partial charge on any atom is -0.490 e. The van der Waals surface area contributed by atoms with Crippen LogP contribution in [-0.4, -0.2) is 48.8 Å². The number of nitrogens with zero attached hydrogens (tertiary/aromatic N) is 2. The first kappa shape index (κ1) is 20.4. The van der Waals surface area contributed by atoms with Crippen molar-refractivity contribution < 1.29 is 14.4 Å². The molecule has 0 spiro atoms. The van der Waals surface area contributed by atoms with Gasteiger partial charge in [-0.1, -0.05) is 55.1 Å². The van der Waals surface area contributed by atoms with Gasteiger partial charge in [-0.3, -0.25) is 4.79 Å². The SMILES string of the molecule is C=CCOc1ccc(/C=C2\SC(N3CC[NH+](Cc4ccccc4)CC3)=NC2=O)cc1. The van der Waals surface area contributed by atoms with Gasteiger partial charge in [0.2, 0.25) is 0 Å². The molecule has 4 rings (SSSR count). The van der Waals surface area contributed by atoms with E-state index in [4.69, 9.17) is 4.74 Å². The van der Waals surface area contributed by atoms with Crippen molar-refractivity contribution in [1.29, 1.82) is 0 Å². The Balaban J connectivity index is 1.32. The van der Waals surface area contributed by atoms with Gasteiger partial charge in [0.25, 0.3) is 5.91 Å². The van der Waals surface area contributed by atoms with E-state index in [9.17, 15) is 4.79 Å². The number of carbonyl (C=O) groups is 1. The Bertz CT molecular complexity index is 946. The van der Waals surface area contributed by atoms with Crippen LogP contribution >= 0.6 is 11.8 Å². The summed E-state index contributed by atoms with van der Waals surface area (Å²) in [6.07, 6.45) is 3.61. The molecule has 1 fully saturated rings. The van der Waals surface area contributed by atoms with Gasteiger partial charge in [-0.15, -0.1) is 0 Å². The van der Waals surface area contributed by atoms with Gasteiger partial charge >= 0.3 is 0 Å². The molecule has 2 heterocycles. The highest BCUT2D eigenvalue weighted by Gasteiger charge is 2.29. The van der Waals surface area contributed by atoms with Crippen LogP contribution in [0.2, 0.25) is 0 Å². The number of amidine groups is 1. The summed E-state index contributed by atoms with van der Waals surface area (Å²) in [5.41, 5.74) is 2.33. The molecule has 2 aliphatic heterocycles. The summed E-state index contributed by atoms with van der Waals surface area (Å²) in [6, 6.07) is 18.3. The molecule has 0 unspecified atom stereocenters. The third-order valence-corrected chi connectivity index (χ3v) is 6.24. The molecule has 0 aromatic heterocycles. The van der Waals surface area contributed by atoms with Crippen LogP contribution in [0, 0.1) is 0 Å². The standard InChI is InChI=1S/C24H25N3O2S/c1-2-16-29-21-10-8-19(9-11-21)17-22-23(28)25-24(30-22)27-14-12-26(13-15-27)18-20-6-4-3-5-7-20/h2-11,17H,1,12-16,18H2/p+1/b22-17-. The number of hydrogen-bond acceptors (Lipinski definition) is 4. The van der Waals surface area contributed by atoms with E-state index in [-0.39, 0.29) is 5.91 Å². The minimum atomic E-state index is -0.152. The number of quaternary nitrogens is 1. The Labute approximate surface area is 181 Å². The van der Waals surface area contributed by atoms with Crippen LogP contribution < -0.4 is 9.64 Å². The number of amides is 1. The van der Waals surface area contributed by atoms with Crippen molar-refractivity contribution in [2.75, 3.05) is 32.8 Å². The zero-order chi connectivity index (χ0) is 20.8. The Kier molecular flexibility index (Phi) is 6.67. The fourth-order valence-corrected chi connectivity index (χ4v) is 4.54. The van der Waals surface area contributed by atoms with Crippen LogP contribution in [0.5, 0.6) is 5.75 Å². The van der Waals surface area contributed by atoms with Gasteiger partial charge in [0.05, 0.1) is 31.1 Å². The third kappa shape index (κ3) is 5.20. The summed E-state index contributed by atoms with van der Waals surface area (Å²) in [5.74, 6) is 0.635. The van der Waals surface area contributed by atoms with E-state index in [0.29, 0.717) is 11.5 Å². The largest absolute Gasteiger partial charge is 0.490 e. The molecule has 154 valence electrons. The predicted octanol–water partition coefficient (Wildman–Crippen LogP) is 2.62. The summed E-state index contributed by atoms with van der Waals surface area (Å²) in [6.45, 7) is 9.11. The molecule has 1 N–H and O–H groups in total. The molecule has 2 aromatic carbocycles. The first-order valence-electron chi connectivity index (χ1n) is 10.2. The zero-order valence-corrected chi connectivity index (χ0v) is 17.7. The van der Waals surface area contributed by atoms with E-state index in [1.54, 1.807) is 11.0 Å². The van der Waals surface area contributed by atoms with Gasteiger partial charge in [0, 0.05) is 5.56 Å². The maximum atomic E-state index is 12.4. The highest BCUT2D eigenvalue weighted by atomic mass is 32.2. The highest BCUT2D eigenvalue weighted by Crippen LogP contribution is 2.30. The van der Waals surface area contributed by atoms with Crippen molar-refractivity contribution in [2.45, 2.75) is 6.54 Å². The number of rotatable bonds is 6. The number of nitrogens with one attached hydrogen (secondary N) is 1. The molecular formula is C24H26N3O2S+. The lowest BCUT2D eigenvalue weighted by atomic mass is 10.2. The van der Waals surface area contributed by atoms with Gasteiger partial charge in [-0.25, -0.2) is 0 Å². The van der Waals surface area contributed by atoms with Crippen molar-refractivity contribution >= 4 is 28.9 Å². The lowest BCUT2D eigenvalue weighted by molar-refractivity contribution is -0.917. The quantitative estimate of drug-likeness (QED) is 0.577. The van der Waals surface area contributed by atoms with Gasteiger partial charge in [-0.2, -0.15) is 4.99 Å². The number of thioether (sulfide) groups is 1. The Morgan fingerprint density at radius 3 is 2.53 bits per heavy atom. The van der Waals surface area contributed by atoms with Crippen molar-refractivity contribution in [1.82, 2.24) is 4.90 Å². The number of piperazine rings is 1. The Morgan fingerprint density at radius 1 is 1.10 bits per heavy atom. The molecule has 0 radical (unpaired) electrons. The first-order valence-corrected chi connectivity index (χ1v) is 11.0. The fourth-order valence-electron chi connectivity index (χ4n) is 3.58. The summed E-state index contributed by atoms with van der Waals surface area (Å²) < 4.78 is 5.50. The average Bonchev–Trinajstić information content (AvgIpc) is 3.14. The summed E-state index contributed by atoms with van der Waals surface area (Å²) in [4.78, 5) is 21.2. The molecule has 2 aliphatic rings. The van der Waals surface area contributed by atoms with Gasteiger partial charge < -0.3 is 14.5 Å². The van der Waals surface area contributed by atoms with Gasteiger partial charge in [0.15, 0.2) is 5.17 Å². The summed E-state index contributed by atoms with van der Waals surface area (Å²) in [7, 11) is 0. The van der Waals surface area contributed by atoms with Crippen molar-refractivity contribution in [3.63, 3.8) is 0 Å². The van der Waals surface area contributed by atoms with Crippen LogP contribution in [0.15, 0.2) is 77.1 Å². The van der Waals surface area contributed by atoms with Crippen molar-refractivity contribution in [3.8, 4) is 5.75 Å². The lowest BCUT2D eigenvalue weighted by Crippen LogP contribution is -3.13. The van der Waals surface area contributed by atoms with E-state index in [1.807, 2.05) is 30.3 Å². The molecule has 30 heavy (non-hydrogen) atoms. The predicted molar refractivity (Wildman–Crippen MR) is 123 cm³/mol. The second-order valence-electron chi connectivity index (χ2n) is 7.38. The van der Waals surface area contributed by atoms with Gasteiger partial charge in [-0.05, 0) is 35.5 Å². The van der Waals surface area contributed by atoms with Crippen LogP contribution in [-0.2, 0) is 11.3 Å². The molecule has 2 aromatic rings. The smallest absolute Gasteiger partial charge is 0.286 e. The molecular weight excluding hydrogens is 394 g/mol. The maximum Gasteiger partial charge on any atom is 0.286 e. The second-order valence-corrected chi connectivity index (χ2v) is 8.39. The topological polar surface area (TPSA) is 46.3 Å². The molecule has 0 bridgehead atoms. The van der Waals surface area contributed by atoms with E-state index in [2.05, 4.69) is 46.8 Å². The molecule has 5 nitrogen and oxygen atoms in total. The van der Waals surface area contributed by atoms with Gasteiger partial charge in [0.1, 0.15) is 18.9 Å². The second kappa shape index (κ2) is 9.78. The average molecular weight is 421 g/mol. The van der Waals surface area contributed by atoms with E-state index in [0.717, 1.165) is 49.2 Å². The van der Waals surface area contributed by atoms with E-state index < -0.39 is 0 Å². The van der Waals surface area contributed by atoms with Crippen LogP contribution in [0.4, 0.5) is 0 Å². The third-order valence-electron chi connectivity index (χ3n) is 5.19. The molecule has 0 aliphatic carbocycles. The Hall–Kier alpha value is -2.83. The molecule has 1 amide bonds. The number of hydrogen-bond donors (Lipinski definition) is 1. The highest BCUT2D eigenvalue weighted by molar-refractivity contribution is 8.18. The first-order chi connectivity index (χ1) is 14.7. The van der Waals surface area contributed by atoms with Crippen LogP contribution in [0.1, 0.15) is 11.1 Å². The normalized spacial score (nSPS) is 18.5. The number of carbonyl (C=O) groups excluding carboxylic acids is 1. The van der Waals surface area contributed by atoms with Crippen LogP contribution in [0.3, 0.4) is 0 Å². The molecule has 1 saturated heterocycles.